The van der Waals surface area contributed by atoms with Crippen LogP contribution in [0.25, 0.3) is 0 Å². The molecule has 0 aliphatic carbocycles. The van der Waals surface area contributed by atoms with Crippen molar-refractivity contribution in [2.24, 2.45) is 0 Å². The Morgan fingerprint density at radius 1 is 1.22 bits per heavy atom. The van der Waals surface area contributed by atoms with Gasteiger partial charge in [0.25, 0.3) is 5.69 Å². The van der Waals surface area contributed by atoms with Crippen molar-refractivity contribution in [3.8, 4) is 5.75 Å². The Kier molecular flexibility index (Phi) is 8.38. The van der Waals surface area contributed by atoms with Gasteiger partial charge in [-0.05, 0) is 45.4 Å². The topological polar surface area (TPSA) is 149 Å². The molecule has 0 unspecified atom stereocenters. The van der Waals surface area contributed by atoms with Crippen LogP contribution in [0.5, 0.6) is 5.75 Å². The third-order valence-corrected chi connectivity index (χ3v) is 5.63. The first kappa shape index (κ1) is 27.5. The molecule has 0 aromatic heterocycles. The molecule has 1 aliphatic rings. The number of amides is 2. The molecule has 0 saturated heterocycles. The second kappa shape index (κ2) is 11.3. The lowest BCUT2D eigenvalue weighted by Gasteiger charge is -2.32. The largest absolute Gasteiger partial charge is 0.487 e. The average molecular weight is 532 g/mol. The van der Waals surface area contributed by atoms with E-state index in [0.717, 1.165) is 0 Å². The average Bonchev–Trinajstić information content (AvgIpc) is 2.80. The van der Waals surface area contributed by atoms with Crippen molar-refractivity contribution < 1.29 is 37.8 Å². The molecule has 0 atom stereocenters. The van der Waals surface area contributed by atoms with Gasteiger partial charge in [0, 0.05) is 41.5 Å². The number of ether oxygens (including phenoxy) is 2. The van der Waals surface area contributed by atoms with Gasteiger partial charge in [-0.2, -0.15) is 4.28 Å². The zero-order valence-corrected chi connectivity index (χ0v) is 21.6. The Morgan fingerprint density at radius 2 is 1.95 bits per heavy atom. The number of cyclic esters (lactones) is 1. The molecule has 0 spiro atoms. The van der Waals surface area contributed by atoms with Crippen LogP contribution < -0.4 is 15.4 Å². The maximum absolute atomic E-state index is 12.2. The summed E-state index contributed by atoms with van der Waals surface area (Å²) in [5.74, 6) is -0.459. The second-order valence-electron chi connectivity index (χ2n) is 8.70. The van der Waals surface area contributed by atoms with E-state index in [2.05, 4.69) is 23.5 Å². The summed E-state index contributed by atoms with van der Waals surface area (Å²) in [7, 11) is 0. The highest BCUT2D eigenvalue weighted by Crippen LogP contribution is 2.42. The van der Waals surface area contributed by atoms with Crippen molar-refractivity contribution in [1.82, 2.24) is 0 Å². The van der Waals surface area contributed by atoms with E-state index in [-0.39, 0.29) is 29.7 Å². The lowest BCUT2D eigenvalue weighted by Crippen LogP contribution is -2.34. The Bertz CT molecular complexity index is 1290. The van der Waals surface area contributed by atoms with E-state index < -0.39 is 16.6 Å². The van der Waals surface area contributed by atoms with Gasteiger partial charge in [0.1, 0.15) is 18.5 Å². The van der Waals surface area contributed by atoms with Gasteiger partial charge in [0.05, 0.1) is 22.8 Å². The van der Waals surface area contributed by atoms with Gasteiger partial charge in [-0.3, -0.25) is 25.0 Å². The molecule has 196 valence electrons. The number of rotatable bonds is 10. The highest BCUT2D eigenvalue weighted by Gasteiger charge is 2.36. The van der Waals surface area contributed by atoms with Gasteiger partial charge >= 0.3 is 11.8 Å². The SMILES string of the molecule is CC(=O)Nc1ccc([N+](=CCCCOc2cc3c(cc2[N+](=O)[O-])NC(=O)OC3(C)C)OS)c(C(C)=O)c1. The van der Waals surface area contributed by atoms with Gasteiger partial charge in [-0.15, -0.1) is 0 Å². The number of benzene rings is 2. The minimum atomic E-state index is -0.993. The van der Waals surface area contributed by atoms with Crippen LogP contribution in [0.1, 0.15) is 56.5 Å². The number of hydrogen-bond donors (Lipinski definition) is 3. The molecule has 2 aromatic carbocycles. The van der Waals surface area contributed by atoms with Crippen molar-refractivity contribution in [2.75, 3.05) is 17.2 Å². The van der Waals surface area contributed by atoms with E-state index in [1.54, 1.807) is 38.3 Å². The van der Waals surface area contributed by atoms with E-state index in [9.17, 15) is 24.5 Å². The number of carbonyl (C=O) groups excluding carboxylic acids is 3. The fourth-order valence-electron chi connectivity index (χ4n) is 3.79. The quantitative estimate of drug-likeness (QED) is 0.0573. The molecule has 0 bridgehead atoms. The predicted octanol–water partition coefficient (Wildman–Crippen LogP) is 4.90. The lowest BCUT2D eigenvalue weighted by molar-refractivity contribution is -0.672. The molecule has 0 radical (unpaired) electrons. The van der Waals surface area contributed by atoms with E-state index >= 15 is 0 Å². The first-order chi connectivity index (χ1) is 17.4. The summed E-state index contributed by atoms with van der Waals surface area (Å²) in [6.45, 7) is 6.25. The molecule has 2 N–H and O–H groups in total. The van der Waals surface area contributed by atoms with Crippen LogP contribution in [0, 0.1) is 10.1 Å². The summed E-state index contributed by atoms with van der Waals surface area (Å²) in [5, 5.41) is 16.7. The summed E-state index contributed by atoms with van der Waals surface area (Å²) < 4.78 is 17.4. The predicted molar refractivity (Wildman–Crippen MR) is 138 cm³/mol. The maximum atomic E-state index is 12.2. The zero-order chi connectivity index (χ0) is 27.3. The Balaban J connectivity index is 1.74. The van der Waals surface area contributed by atoms with E-state index in [1.807, 2.05) is 0 Å². The van der Waals surface area contributed by atoms with Crippen LogP contribution in [-0.2, 0) is 19.4 Å². The van der Waals surface area contributed by atoms with Gasteiger partial charge in [0.15, 0.2) is 11.5 Å². The molecule has 37 heavy (non-hydrogen) atoms. The Morgan fingerprint density at radius 3 is 2.57 bits per heavy atom. The van der Waals surface area contributed by atoms with Crippen LogP contribution in [0.3, 0.4) is 0 Å². The number of unbranched alkanes of at least 4 members (excludes halogenated alkanes) is 1. The molecule has 0 saturated carbocycles. The van der Waals surface area contributed by atoms with Gasteiger partial charge in [-0.1, -0.05) is 0 Å². The highest BCUT2D eigenvalue weighted by molar-refractivity contribution is 7.74. The number of carbonyl (C=O) groups is 3. The number of fused-ring (bicyclic) bond motifs is 1. The van der Waals surface area contributed by atoms with Crippen LogP contribution in [-0.4, -0.2) is 40.3 Å². The number of nitro groups is 1. The summed E-state index contributed by atoms with van der Waals surface area (Å²) >= 11 is 3.88. The molecule has 3 rings (SSSR count). The fourth-order valence-corrected chi connectivity index (χ4v) is 3.95. The van der Waals surface area contributed by atoms with Crippen molar-refractivity contribution in [3.05, 3.63) is 51.6 Å². The zero-order valence-electron chi connectivity index (χ0n) is 20.7. The van der Waals surface area contributed by atoms with E-state index in [1.165, 1.54) is 30.7 Å². The van der Waals surface area contributed by atoms with Crippen molar-refractivity contribution in [3.63, 3.8) is 0 Å². The summed E-state index contributed by atoms with van der Waals surface area (Å²) in [6.07, 6.45) is 1.81. The minimum absolute atomic E-state index is 0.0475. The normalized spacial score (nSPS) is 14.1. The Labute approximate surface area is 218 Å². The number of ketones is 1. The smallest absolute Gasteiger partial charge is 0.412 e. The summed E-state index contributed by atoms with van der Waals surface area (Å²) in [4.78, 5) is 46.3. The number of nitrogens with one attached hydrogen (secondary N) is 2. The number of hydrogen-bond acceptors (Lipinski definition) is 9. The minimum Gasteiger partial charge on any atom is -0.487 e. The molecule has 2 aromatic rings. The van der Waals surface area contributed by atoms with Gasteiger partial charge in [0.2, 0.25) is 12.1 Å². The van der Waals surface area contributed by atoms with E-state index in [0.29, 0.717) is 41.0 Å². The highest BCUT2D eigenvalue weighted by atomic mass is 32.1. The van der Waals surface area contributed by atoms with Gasteiger partial charge in [-0.25, -0.2) is 4.79 Å². The molecule has 12 nitrogen and oxygen atoms in total. The van der Waals surface area contributed by atoms with Crippen LogP contribution in [0.15, 0.2) is 30.3 Å². The summed E-state index contributed by atoms with van der Waals surface area (Å²) in [5.41, 5.74) is 0.767. The third kappa shape index (κ3) is 6.55. The molecule has 2 amide bonds. The molecular weight excluding hydrogens is 504 g/mol. The van der Waals surface area contributed by atoms with Crippen molar-refractivity contribution >= 4 is 59.7 Å². The number of anilines is 2. The monoisotopic (exact) mass is 531 g/mol. The molecular formula is C24H27N4O8S+. The molecule has 1 aliphatic heterocycles. The van der Waals surface area contributed by atoms with Crippen LogP contribution >= 0.6 is 12.9 Å². The fraction of sp³-hybridized carbons (Fsp3) is 0.333. The number of thiol groups is 1. The first-order valence-corrected chi connectivity index (χ1v) is 11.6. The number of Topliss-reactive ketones (excluding diaryl/α,β-unsaturated/α-hetero) is 1. The lowest BCUT2D eigenvalue weighted by atomic mass is 9.94. The van der Waals surface area contributed by atoms with Crippen LogP contribution in [0.4, 0.5) is 27.5 Å². The van der Waals surface area contributed by atoms with Crippen LogP contribution in [0.2, 0.25) is 0 Å². The Hall–Kier alpha value is -4.13. The van der Waals surface area contributed by atoms with Crippen molar-refractivity contribution in [1.29, 1.82) is 0 Å². The number of nitro benzene ring substituents is 1. The standard InChI is InChI=1S/C24H26N4O8S/c1-14(29)17-11-16(25-15(2)30)7-8-20(17)27(36-37)9-5-6-10-34-22-12-18-19(13-21(22)28(32)33)26-23(31)35-24(18,3)4/h7-9,11-13H,5-6,10H2,1-4H3,(H2-,25,26,30,31,37)/p+1. The molecule has 0 fully saturated rings. The second-order valence-corrected chi connectivity index (χ2v) is 8.86. The maximum Gasteiger partial charge on any atom is 0.412 e. The van der Waals surface area contributed by atoms with Crippen molar-refractivity contribution in [2.45, 2.75) is 46.1 Å². The number of nitrogens with zero attached hydrogens (tertiary/aromatic N) is 2. The first-order valence-electron chi connectivity index (χ1n) is 11.3. The molecule has 13 heteroatoms. The van der Waals surface area contributed by atoms with E-state index in [4.69, 9.17) is 13.8 Å². The summed E-state index contributed by atoms with van der Waals surface area (Å²) in [6, 6.07) is 7.53. The third-order valence-electron chi connectivity index (χ3n) is 5.45. The van der Waals surface area contributed by atoms with Gasteiger partial charge < -0.3 is 14.8 Å². The molecule has 1 heterocycles.